The summed E-state index contributed by atoms with van der Waals surface area (Å²) >= 11 is 0. The first-order valence-electron chi connectivity index (χ1n) is 20.8. The van der Waals surface area contributed by atoms with Crippen LogP contribution in [0.3, 0.4) is 0 Å². The Labute approximate surface area is 367 Å². The van der Waals surface area contributed by atoms with Gasteiger partial charge in [0.2, 0.25) is 35.5 Å². The van der Waals surface area contributed by atoms with Gasteiger partial charge in [-0.05, 0) is 89.5 Å². The highest BCUT2D eigenvalue weighted by Crippen LogP contribution is 2.43. The van der Waals surface area contributed by atoms with Crippen LogP contribution in [-0.4, -0.2) is 92.2 Å². The van der Waals surface area contributed by atoms with Gasteiger partial charge in [0.15, 0.2) is 0 Å². The first-order valence-corrected chi connectivity index (χ1v) is 22.3. The molecule has 7 N–H and O–H groups in total. The van der Waals surface area contributed by atoms with Gasteiger partial charge in [0.05, 0.1) is 4.90 Å². The van der Waals surface area contributed by atoms with Crippen LogP contribution in [0.25, 0.3) is 0 Å². The van der Waals surface area contributed by atoms with Crippen LogP contribution in [0.4, 0.5) is 0 Å². The molecule has 16 nitrogen and oxygen atoms in total. The van der Waals surface area contributed by atoms with E-state index in [1.165, 1.54) is 17.9 Å². The summed E-state index contributed by atoms with van der Waals surface area (Å²) in [5.41, 5.74) is 7.31. The van der Waals surface area contributed by atoms with Crippen molar-refractivity contribution in [3.05, 3.63) is 83.5 Å². The van der Waals surface area contributed by atoms with Crippen molar-refractivity contribution >= 4 is 45.5 Å². The highest BCUT2D eigenvalue weighted by Gasteiger charge is 2.39. The number of guanidine groups is 1. The molecule has 4 unspecified atom stereocenters. The lowest BCUT2D eigenvalue weighted by Gasteiger charge is -2.32. The summed E-state index contributed by atoms with van der Waals surface area (Å²) in [4.78, 5) is 73.8. The van der Waals surface area contributed by atoms with Gasteiger partial charge in [-0.2, -0.15) is 0 Å². The second-order valence-electron chi connectivity index (χ2n) is 16.9. The minimum atomic E-state index is -4.18. The fourth-order valence-electron chi connectivity index (χ4n) is 7.16. The molecule has 0 radical (unpaired) electrons. The third-order valence-electron chi connectivity index (χ3n) is 10.8. The van der Waals surface area contributed by atoms with E-state index in [0.717, 1.165) is 11.1 Å². The zero-order chi connectivity index (χ0) is 46.7. The van der Waals surface area contributed by atoms with Crippen LogP contribution in [0.5, 0.6) is 5.75 Å². The summed E-state index contributed by atoms with van der Waals surface area (Å²) in [6.45, 7) is 23.3. The number of nitrogens with two attached hydrogens (primary N) is 1. The molecule has 0 spiro atoms. The van der Waals surface area contributed by atoms with E-state index in [0.29, 0.717) is 28.9 Å². The van der Waals surface area contributed by atoms with Gasteiger partial charge in [0, 0.05) is 38.0 Å². The average molecular weight is 879 g/mol. The van der Waals surface area contributed by atoms with E-state index in [-0.39, 0.29) is 55.5 Å². The van der Waals surface area contributed by atoms with E-state index in [1.54, 1.807) is 78.1 Å². The summed E-state index contributed by atoms with van der Waals surface area (Å²) in [5, 5.41) is 11.0. The first kappa shape index (κ1) is 50.6. The maximum atomic E-state index is 14.1. The van der Waals surface area contributed by atoms with E-state index in [2.05, 4.69) is 44.1 Å². The van der Waals surface area contributed by atoms with Crippen molar-refractivity contribution in [1.82, 2.24) is 30.9 Å². The Bertz CT molecular complexity index is 2150. The number of hydrogen-bond donors (Lipinski definition) is 6. The third-order valence-corrected chi connectivity index (χ3v) is 12.4. The smallest absolute Gasteiger partial charge is 0.264 e. The molecule has 0 saturated carbocycles. The minimum Gasteiger partial charge on any atom is -0.487 e. The number of ether oxygens (including phenoxy) is 1. The molecule has 1 heterocycles. The molecule has 2 aromatic rings. The number of fused-ring (bicyclic) bond motifs is 1. The zero-order valence-electron chi connectivity index (χ0n) is 37.9. The van der Waals surface area contributed by atoms with Gasteiger partial charge in [0.1, 0.15) is 35.0 Å². The van der Waals surface area contributed by atoms with Crippen molar-refractivity contribution in [2.75, 3.05) is 20.1 Å². The molecule has 0 aromatic heterocycles. The van der Waals surface area contributed by atoms with Crippen molar-refractivity contribution in [3.63, 3.8) is 0 Å². The Morgan fingerprint density at radius 2 is 1.58 bits per heavy atom. The van der Waals surface area contributed by atoms with Crippen molar-refractivity contribution < 1.29 is 37.1 Å². The normalized spacial score (nSPS) is 15.7. The topological polar surface area (TPSA) is 230 Å². The molecule has 1 aliphatic rings. The monoisotopic (exact) mass is 878 g/mol. The van der Waals surface area contributed by atoms with E-state index >= 15 is 0 Å². The summed E-state index contributed by atoms with van der Waals surface area (Å²) in [6.07, 6.45) is 3.84. The summed E-state index contributed by atoms with van der Waals surface area (Å²) in [5.74, 6) is -2.94. The lowest BCUT2D eigenvalue weighted by Crippen LogP contribution is -2.61. The van der Waals surface area contributed by atoms with Gasteiger partial charge in [-0.25, -0.2) is 13.1 Å². The SMILES string of the molecule is C=CCN(C)C(=O)C(NC(=O)C(CC)NC(=O)C(CCCN=C(N)NS(=O)(=O)c1c(C)c(C)c2c(c1C)CC(C)(C)O2)NC(=O)C(C)(CC=C)NC(=O)C(C)C)c1ccccc1. The maximum absolute atomic E-state index is 14.1. The molecular weight excluding hydrogens is 813 g/mol. The molecule has 5 amide bonds. The van der Waals surface area contributed by atoms with Crippen molar-refractivity contribution in [2.24, 2.45) is 16.6 Å². The van der Waals surface area contributed by atoms with Gasteiger partial charge < -0.3 is 36.6 Å². The number of carbonyl (C=O) groups is 5. The number of nitrogens with zero attached hydrogens (tertiary/aromatic N) is 2. The summed E-state index contributed by atoms with van der Waals surface area (Å²) < 4.78 is 36.0. The van der Waals surface area contributed by atoms with Crippen molar-refractivity contribution in [3.8, 4) is 5.75 Å². The molecule has 3 rings (SSSR count). The largest absolute Gasteiger partial charge is 0.487 e. The van der Waals surface area contributed by atoms with Crippen LogP contribution in [0.1, 0.15) is 101 Å². The molecule has 4 atom stereocenters. The van der Waals surface area contributed by atoms with Crippen molar-refractivity contribution in [1.29, 1.82) is 0 Å². The van der Waals surface area contributed by atoms with Gasteiger partial charge in [-0.3, -0.25) is 29.0 Å². The number of nitrogens with one attached hydrogen (secondary N) is 5. The fourth-order valence-corrected chi connectivity index (χ4v) is 8.69. The van der Waals surface area contributed by atoms with E-state index in [9.17, 15) is 32.4 Å². The number of sulfonamides is 1. The van der Waals surface area contributed by atoms with E-state index in [4.69, 9.17) is 10.5 Å². The Balaban J connectivity index is 1.87. The van der Waals surface area contributed by atoms with Gasteiger partial charge in [-0.15, -0.1) is 13.2 Å². The lowest BCUT2D eigenvalue weighted by atomic mass is 9.94. The maximum Gasteiger partial charge on any atom is 0.264 e. The van der Waals surface area contributed by atoms with Crippen LogP contribution in [-0.2, 0) is 40.4 Å². The second kappa shape index (κ2) is 21.4. The molecular formula is C45H66N8O8S. The van der Waals surface area contributed by atoms with E-state index in [1.807, 2.05) is 20.8 Å². The van der Waals surface area contributed by atoms with Crippen LogP contribution in [0, 0.1) is 26.7 Å². The number of benzene rings is 2. The number of rotatable bonds is 21. The third kappa shape index (κ3) is 12.7. The van der Waals surface area contributed by atoms with Gasteiger partial charge >= 0.3 is 0 Å². The minimum absolute atomic E-state index is 0.0308. The molecule has 17 heteroatoms. The summed E-state index contributed by atoms with van der Waals surface area (Å²) in [7, 11) is -2.59. The predicted molar refractivity (Wildman–Crippen MR) is 241 cm³/mol. The quantitative estimate of drug-likeness (QED) is 0.0464. The Hall–Kier alpha value is -5.71. The molecule has 1 aliphatic heterocycles. The number of likely N-dealkylation sites (N-methyl/N-ethyl adjacent to an activating group) is 1. The molecule has 2 aromatic carbocycles. The number of aliphatic imine (C=N–C) groups is 1. The number of hydrogen-bond acceptors (Lipinski definition) is 9. The Morgan fingerprint density at radius 3 is 2.16 bits per heavy atom. The Morgan fingerprint density at radius 1 is 0.952 bits per heavy atom. The lowest BCUT2D eigenvalue weighted by molar-refractivity contribution is -0.138. The molecule has 0 aliphatic carbocycles. The van der Waals surface area contributed by atoms with Crippen LogP contribution >= 0.6 is 0 Å². The second-order valence-corrected chi connectivity index (χ2v) is 18.5. The average Bonchev–Trinajstić information content (AvgIpc) is 3.54. The summed E-state index contributed by atoms with van der Waals surface area (Å²) in [6, 6.07) is 5.23. The zero-order valence-corrected chi connectivity index (χ0v) is 38.7. The first-order chi connectivity index (χ1) is 28.9. The Kier molecular flexibility index (Phi) is 17.5. The van der Waals surface area contributed by atoms with Gasteiger partial charge in [-0.1, -0.05) is 63.3 Å². The van der Waals surface area contributed by atoms with Crippen molar-refractivity contribution in [2.45, 2.75) is 129 Å². The highest BCUT2D eigenvalue weighted by molar-refractivity contribution is 7.90. The van der Waals surface area contributed by atoms with Gasteiger partial charge in [0.25, 0.3) is 10.0 Å². The predicted octanol–water partition coefficient (Wildman–Crippen LogP) is 3.69. The number of amides is 5. The van der Waals surface area contributed by atoms with E-state index < -0.39 is 68.8 Å². The number of carbonyl (C=O) groups excluding carboxylic acids is 5. The molecule has 0 bridgehead atoms. The molecule has 340 valence electrons. The van der Waals surface area contributed by atoms with Crippen LogP contribution in [0.2, 0.25) is 0 Å². The van der Waals surface area contributed by atoms with Crippen LogP contribution < -0.4 is 36.5 Å². The van der Waals surface area contributed by atoms with Crippen LogP contribution in [0.15, 0.2) is 65.5 Å². The molecule has 0 fully saturated rings. The standard InChI is InChI=1S/C45H66N8O8S/c1-13-23-45(11,51-38(54)27(4)5)42(58)49-34(40(56)48-33(15-3)39(55)50-35(31-20-17-16-18-21-31)41(57)53(12)25-14-2)22-19-24-47-43(46)52-62(59,60)37-29(7)28(6)36-32(30(37)8)26-44(9,10)61-36/h13-14,16-18,20-21,27,33-35H,1-2,15,19,22-26H2,3-12H3,(H,48,56)(H,49,58)(H,50,55)(H,51,54)(H3,46,47,52). The molecule has 0 saturated heterocycles. The fraction of sp³-hybridized carbons (Fsp3) is 0.511. The molecule has 62 heavy (non-hydrogen) atoms. The highest BCUT2D eigenvalue weighted by atomic mass is 32.2.